The fourth-order valence-corrected chi connectivity index (χ4v) is 1.70. The van der Waals surface area contributed by atoms with Crippen molar-refractivity contribution in [3.8, 4) is 5.75 Å². The fraction of sp³-hybridized carbons (Fsp3) is 0. The van der Waals surface area contributed by atoms with Crippen molar-refractivity contribution in [3.05, 3.63) is 58.6 Å². The number of amides is 1. The van der Waals surface area contributed by atoms with Crippen LogP contribution in [0.3, 0.4) is 0 Å². The first-order valence-electron chi connectivity index (χ1n) is 5.25. The van der Waals surface area contributed by atoms with E-state index in [2.05, 4.69) is 21.2 Å². The molecule has 0 aliphatic rings. The van der Waals surface area contributed by atoms with Crippen LogP contribution in [0.2, 0.25) is 0 Å². The van der Waals surface area contributed by atoms with Gasteiger partial charge in [-0.3, -0.25) is 5.32 Å². The number of rotatable bonds is 2. The first-order chi connectivity index (χ1) is 9.08. The van der Waals surface area contributed by atoms with Crippen LogP contribution in [0.1, 0.15) is 0 Å². The smallest absolute Gasteiger partial charge is 0.410 e. The predicted molar refractivity (Wildman–Crippen MR) is 70.1 cm³/mol. The Kier molecular flexibility index (Phi) is 4.11. The average molecular weight is 328 g/mol. The Morgan fingerprint density at radius 2 is 1.79 bits per heavy atom. The Bertz CT molecular complexity index is 605. The van der Waals surface area contributed by atoms with Gasteiger partial charge in [0, 0.05) is 0 Å². The molecule has 0 atom stereocenters. The summed E-state index contributed by atoms with van der Waals surface area (Å²) in [4.78, 5) is 11.5. The number of para-hydroxylation sites is 1. The van der Waals surface area contributed by atoms with Crippen LogP contribution < -0.4 is 10.1 Å². The topological polar surface area (TPSA) is 38.3 Å². The van der Waals surface area contributed by atoms with E-state index in [4.69, 9.17) is 4.74 Å². The molecule has 6 heteroatoms. The minimum Gasteiger partial charge on any atom is -0.410 e. The van der Waals surface area contributed by atoms with E-state index in [1.807, 2.05) is 0 Å². The second-order valence-corrected chi connectivity index (χ2v) is 4.34. The van der Waals surface area contributed by atoms with Crippen molar-refractivity contribution in [3.63, 3.8) is 0 Å². The van der Waals surface area contributed by atoms with Crippen molar-refractivity contribution in [2.24, 2.45) is 0 Å². The molecule has 0 unspecified atom stereocenters. The summed E-state index contributed by atoms with van der Waals surface area (Å²) in [6.45, 7) is 0. The monoisotopic (exact) mass is 327 g/mol. The van der Waals surface area contributed by atoms with Gasteiger partial charge in [-0.05, 0) is 40.2 Å². The molecule has 0 aliphatic heterocycles. The number of nitrogens with one attached hydrogen (secondary N) is 1. The Labute approximate surface area is 116 Å². The Hall–Kier alpha value is -1.95. The molecule has 0 heterocycles. The zero-order valence-electron chi connectivity index (χ0n) is 9.49. The lowest BCUT2D eigenvalue weighted by Gasteiger charge is -2.08. The van der Waals surface area contributed by atoms with Gasteiger partial charge in [0.05, 0.1) is 10.2 Å². The van der Waals surface area contributed by atoms with Gasteiger partial charge in [-0.2, -0.15) is 0 Å². The van der Waals surface area contributed by atoms with Crippen molar-refractivity contribution >= 4 is 27.7 Å². The van der Waals surface area contributed by atoms with Gasteiger partial charge in [0.15, 0.2) is 5.82 Å². The molecule has 0 spiro atoms. The zero-order chi connectivity index (χ0) is 13.8. The van der Waals surface area contributed by atoms with Gasteiger partial charge in [0.1, 0.15) is 11.6 Å². The van der Waals surface area contributed by atoms with Crippen molar-refractivity contribution in [1.82, 2.24) is 0 Å². The van der Waals surface area contributed by atoms with E-state index in [1.165, 1.54) is 0 Å². The maximum absolute atomic E-state index is 13.6. The van der Waals surface area contributed by atoms with Crippen molar-refractivity contribution in [2.45, 2.75) is 0 Å². The minimum absolute atomic E-state index is 0.172. The van der Waals surface area contributed by atoms with E-state index in [-0.39, 0.29) is 10.2 Å². The summed E-state index contributed by atoms with van der Waals surface area (Å²) in [6.07, 6.45) is -0.858. The highest BCUT2D eigenvalue weighted by Crippen LogP contribution is 2.26. The molecule has 0 aromatic heterocycles. The number of anilines is 1. The van der Waals surface area contributed by atoms with Crippen molar-refractivity contribution < 1.29 is 18.3 Å². The van der Waals surface area contributed by atoms with Crippen molar-refractivity contribution in [2.75, 3.05) is 5.32 Å². The Balaban J connectivity index is 2.10. The molecule has 98 valence electrons. The number of carbonyl (C=O) groups excluding carboxylic acids is 1. The quantitative estimate of drug-likeness (QED) is 0.833. The molecular weight excluding hydrogens is 320 g/mol. The molecule has 0 saturated heterocycles. The number of hydrogen-bond donors (Lipinski definition) is 1. The molecule has 3 nitrogen and oxygen atoms in total. The SMILES string of the molecule is O=C(Nc1ccc(F)c(Br)c1F)Oc1ccccc1. The second kappa shape index (κ2) is 5.79. The van der Waals surface area contributed by atoms with E-state index in [0.29, 0.717) is 5.75 Å². The van der Waals surface area contributed by atoms with E-state index < -0.39 is 17.7 Å². The van der Waals surface area contributed by atoms with E-state index in [0.717, 1.165) is 12.1 Å². The Morgan fingerprint density at radius 3 is 2.47 bits per heavy atom. The van der Waals surface area contributed by atoms with Crippen LogP contribution in [-0.2, 0) is 0 Å². The van der Waals surface area contributed by atoms with Crippen LogP contribution in [0.4, 0.5) is 19.3 Å². The molecule has 2 rings (SSSR count). The first-order valence-corrected chi connectivity index (χ1v) is 6.04. The zero-order valence-corrected chi connectivity index (χ0v) is 11.1. The standard InChI is InChI=1S/C13H8BrF2NO2/c14-11-9(15)6-7-10(12(11)16)17-13(18)19-8-4-2-1-3-5-8/h1-7H,(H,17,18). The summed E-state index contributed by atoms with van der Waals surface area (Å²) in [5.74, 6) is -1.33. The summed E-state index contributed by atoms with van der Waals surface area (Å²) in [7, 11) is 0. The van der Waals surface area contributed by atoms with E-state index in [9.17, 15) is 13.6 Å². The summed E-state index contributed by atoms with van der Waals surface area (Å²) in [5.41, 5.74) is -0.172. The highest BCUT2D eigenvalue weighted by molar-refractivity contribution is 9.10. The van der Waals surface area contributed by atoms with Crippen LogP contribution in [-0.4, -0.2) is 6.09 Å². The van der Waals surface area contributed by atoms with Gasteiger partial charge in [-0.25, -0.2) is 13.6 Å². The maximum atomic E-state index is 13.6. The number of benzene rings is 2. The van der Waals surface area contributed by atoms with E-state index >= 15 is 0 Å². The molecule has 2 aromatic rings. The molecule has 0 bridgehead atoms. The predicted octanol–water partition coefficient (Wildman–Crippen LogP) is 4.34. The van der Waals surface area contributed by atoms with Crippen LogP contribution in [0.25, 0.3) is 0 Å². The van der Waals surface area contributed by atoms with Gasteiger partial charge in [0.25, 0.3) is 0 Å². The number of ether oxygens (including phenoxy) is 1. The highest BCUT2D eigenvalue weighted by atomic mass is 79.9. The lowest BCUT2D eigenvalue weighted by atomic mass is 10.3. The molecule has 0 fully saturated rings. The highest BCUT2D eigenvalue weighted by Gasteiger charge is 2.14. The first kappa shape index (κ1) is 13.5. The lowest BCUT2D eigenvalue weighted by molar-refractivity contribution is 0.215. The molecule has 2 aromatic carbocycles. The van der Waals surface area contributed by atoms with Crippen LogP contribution in [0, 0.1) is 11.6 Å². The van der Waals surface area contributed by atoms with Crippen LogP contribution >= 0.6 is 15.9 Å². The Morgan fingerprint density at radius 1 is 1.11 bits per heavy atom. The average Bonchev–Trinajstić information content (AvgIpc) is 2.41. The molecular formula is C13H8BrF2NO2. The van der Waals surface area contributed by atoms with Crippen LogP contribution in [0.5, 0.6) is 5.75 Å². The summed E-state index contributed by atoms with van der Waals surface area (Å²) in [6, 6.07) is 10.5. The lowest BCUT2D eigenvalue weighted by Crippen LogP contribution is -2.17. The minimum atomic E-state index is -0.898. The largest absolute Gasteiger partial charge is 0.417 e. The second-order valence-electron chi connectivity index (χ2n) is 3.55. The van der Waals surface area contributed by atoms with Gasteiger partial charge in [-0.1, -0.05) is 18.2 Å². The molecule has 0 aliphatic carbocycles. The number of hydrogen-bond acceptors (Lipinski definition) is 2. The van der Waals surface area contributed by atoms with Gasteiger partial charge < -0.3 is 4.74 Å². The van der Waals surface area contributed by atoms with Gasteiger partial charge in [0.2, 0.25) is 0 Å². The number of halogens is 3. The molecule has 19 heavy (non-hydrogen) atoms. The maximum Gasteiger partial charge on any atom is 0.417 e. The van der Waals surface area contributed by atoms with Crippen LogP contribution in [0.15, 0.2) is 46.9 Å². The van der Waals surface area contributed by atoms with Crippen molar-refractivity contribution in [1.29, 1.82) is 0 Å². The van der Waals surface area contributed by atoms with Gasteiger partial charge in [-0.15, -0.1) is 0 Å². The summed E-state index contributed by atoms with van der Waals surface area (Å²) in [5, 5.41) is 2.19. The molecule has 1 N–H and O–H groups in total. The third-order valence-corrected chi connectivity index (χ3v) is 2.95. The third-order valence-electron chi connectivity index (χ3n) is 2.23. The molecule has 0 radical (unpaired) electrons. The summed E-state index contributed by atoms with van der Waals surface area (Å²) < 4.78 is 31.2. The van der Waals surface area contributed by atoms with E-state index in [1.54, 1.807) is 30.3 Å². The third kappa shape index (κ3) is 3.29. The van der Waals surface area contributed by atoms with Gasteiger partial charge >= 0.3 is 6.09 Å². The molecule has 1 amide bonds. The number of carbonyl (C=O) groups is 1. The molecule has 0 saturated carbocycles. The normalized spacial score (nSPS) is 10.1. The fourth-order valence-electron chi connectivity index (χ4n) is 1.35. The summed E-state index contributed by atoms with van der Waals surface area (Å²) >= 11 is 2.74.